The van der Waals surface area contributed by atoms with E-state index in [0.29, 0.717) is 57.2 Å². The van der Waals surface area contributed by atoms with Gasteiger partial charge in [-0.2, -0.15) is 11.8 Å². The Hall–Kier alpha value is -5.11. The number of nitrogens with zero attached hydrogens (tertiary/aromatic N) is 1. The number of carboxylic acid groups (broad SMARTS) is 2. The second kappa shape index (κ2) is 32.6. The van der Waals surface area contributed by atoms with Crippen LogP contribution in [0.5, 0.6) is 0 Å². The molecule has 18 N–H and O–H groups in total. The van der Waals surface area contributed by atoms with Gasteiger partial charge >= 0.3 is 11.9 Å². The maximum absolute atomic E-state index is 14.2. The van der Waals surface area contributed by atoms with Gasteiger partial charge in [-0.05, 0) is 121 Å². The second-order valence-electron chi connectivity index (χ2n) is 17.0. The molecular weight excluding hydrogens is 897 g/mol. The lowest BCUT2D eigenvalue weighted by atomic mass is 10.0. The minimum atomic E-state index is -1.76. The van der Waals surface area contributed by atoms with Gasteiger partial charge in [0, 0.05) is 6.54 Å². The number of likely N-dealkylation sites (tertiary alicyclic amines) is 1. The lowest BCUT2D eigenvalue weighted by Gasteiger charge is -2.31. The van der Waals surface area contributed by atoms with Gasteiger partial charge in [0.1, 0.15) is 42.3 Å². The van der Waals surface area contributed by atoms with Crippen molar-refractivity contribution in [2.24, 2.45) is 34.6 Å². The maximum atomic E-state index is 14.2. The molecule has 67 heavy (non-hydrogen) atoms. The van der Waals surface area contributed by atoms with Gasteiger partial charge in [0.2, 0.25) is 47.3 Å². The summed E-state index contributed by atoms with van der Waals surface area (Å²) in [6, 6.07) is -10.4. The normalized spacial score (nSPS) is 16.6. The molecule has 0 aromatic heterocycles. The lowest BCUT2D eigenvalue weighted by Crippen LogP contribution is -2.60. The molecule has 1 fully saturated rings. The summed E-state index contributed by atoms with van der Waals surface area (Å²) < 4.78 is 0. The van der Waals surface area contributed by atoms with Crippen LogP contribution < -0.4 is 60.6 Å². The first kappa shape index (κ1) is 59.9. The first-order valence-electron chi connectivity index (χ1n) is 22.9. The molecule has 0 bridgehead atoms. The number of carboxylic acids is 2. The Morgan fingerprint density at radius 3 is 1.55 bits per heavy atom. The van der Waals surface area contributed by atoms with Crippen LogP contribution >= 0.6 is 11.8 Å². The number of nitrogens with two attached hydrogens (primary N) is 5. The molecule has 1 aliphatic rings. The molecule has 0 unspecified atom stereocenters. The van der Waals surface area contributed by atoms with Crippen LogP contribution in [-0.2, 0) is 47.9 Å². The molecule has 1 aliphatic heterocycles. The van der Waals surface area contributed by atoms with Gasteiger partial charge < -0.3 is 75.7 Å². The molecular formula is C42H76N12O12S. The van der Waals surface area contributed by atoms with Crippen LogP contribution in [0.4, 0.5) is 0 Å². The zero-order valence-electron chi connectivity index (χ0n) is 39.1. The highest BCUT2D eigenvalue weighted by atomic mass is 32.2. The quantitative estimate of drug-likeness (QED) is 0.0279. The minimum absolute atomic E-state index is 0.00337. The van der Waals surface area contributed by atoms with Crippen LogP contribution in [0.25, 0.3) is 0 Å². The number of carbonyl (C=O) groups excluding carboxylic acids is 8. The highest BCUT2D eigenvalue weighted by Gasteiger charge is 2.40. The third kappa shape index (κ3) is 23.0. The van der Waals surface area contributed by atoms with E-state index in [1.807, 2.05) is 6.26 Å². The monoisotopic (exact) mass is 973 g/mol. The molecule has 24 nitrogen and oxygen atoms in total. The van der Waals surface area contributed by atoms with Crippen LogP contribution in [-0.4, -0.2) is 161 Å². The van der Waals surface area contributed by atoms with Crippen LogP contribution in [0.15, 0.2) is 0 Å². The van der Waals surface area contributed by atoms with E-state index in [1.165, 1.54) is 16.7 Å². The number of thioether (sulfide) groups is 1. The number of unbranched alkanes of at least 4 members (excludes halogenated alkanes) is 3. The number of hydrogen-bond donors (Lipinski definition) is 13. The van der Waals surface area contributed by atoms with E-state index in [2.05, 4.69) is 31.9 Å². The van der Waals surface area contributed by atoms with E-state index in [1.54, 1.807) is 13.8 Å². The summed E-state index contributed by atoms with van der Waals surface area (Å²) in [6.45, 7) is 4.50. The number of hydrogen-bond acceptors (Lipinski definition) is 15. The molecule has 8 amide bonds. The SMILES string of the molecule is CSCC[C@H](NC(=O)[C@@H]1CCCN1C(=O)[C@H](CCCCN)NC(=O)[C@H](CCCCN)NC(=O)[C@H](CC(C)C)NC(=O)[C@H](CC(=O)O)NC(=O)[C@H](CCCCN)NC(=O)[C@@H](N)CC(N)=O)C(=O)O. The molecule has 0 aromatic carbocycles. The van der Waals surface area contributed by atoms with Gasteiger partial charge in [-0.1, -0.05) is 13.8 Å². The summed E-state index contributed by atoms with van der Waals surface area (Å²) in [4.78, 5) is 132. The van der Waals surface area contributed by atoms with Crippen molar-refractivity contribution in [1.82, 2.24) is 36.8 Å². The minimum Gasteiger partial charge on any atom is -0.481 e. The molecule has 0 spiro atoms. The highest BCUT2D eigenvalue weighted by Crippen LogP contribution is 2.21. The molecule has 0 saturated carbocycles. The molecule has 25 heteroatoms. The molecule has 1 saturated heterocycles. The van der Waals surface area contributed by atoms with Crippen molar-refractivity contribution < 1.29 is 58.2 Å². The van der Waals surface area contributed by atoms with Gasteiger partial charge in [0.25, 0.3) is 0 Å². The van der Waals surface area contributed by atoms with Crippen molar-refractivity contribution in [2.45, 2.75) is 158 Å². The number of carbonyl (C=O) groups is 10. The summed E-state index contributed by atoms with van der Waals surface area (Å²) in [5.41, 5.74) is 28.0. The van der Waals surface area contributed by atoms with Gasteiger partial charge in [0.15, 0.2) is 0 Å². The number of primary amides is 1. The van der Waals surface area contributed by atoms with Gasteiger partial charge in [0.05, 0.1) is 18.9 Å². The summed E-state index contributed by atoms with van der Waals surface area (Å²) in [6.07, 6.45) is 3.96. The predicted octanol–water partition coefficient (Wildman–Crippen LogP) is -3.17. The Bertz CT molecular complexity index is 1660. The number of nitrogens with one attached hydrogen (secondary N) is 6. The first-order chi connectivity index (χ1) is 31.7. The van der Waals surface area contributed by atoms with Crippen LogP contribution in [0.3, 0.4) is 0 Å². The fourth-order valence-electron chi connectivity index (χ4n) is 7.30. The van der Waals surface area contributed by atoms with E-state index in [9.17, 15) is 58.2 Å². The van der Waals surface area contributed by atoms with Crippen molar-refractivity contribution in [3.8, 4) is 0 Å². The Kier molecular flexibility index (Phi) is 29.1. The Morgan fingerprint density at radius 2 is 1.07 bits per heavy atom. The van der Waals surface area contributed by atoms with Crippen LogP contribution in [0.1, 0.15) is 110 Å². The van der Waals surface area contributed by atoms with Crippen LogP contribution in [0, 0.1) is 5.92 Å². The molecule has 1 rings (SSSR count). The van der Waals surface area contributed by atoms with E-state index < -0.39 is 120 Å². The standard InChI is InChI=1S/C42H76N12O12S/c1-24(2)21-30(52-39(62)31(23-34(56)57)53-37(60)26(11-4-7-16-43)48-35(58)25(46)22-33(47)55)38(61)49-27(12-5-8-17-44)36(59)50-28(13-6-9-18-45)41(64)54-19-10-14-32(54)40(63)51-29(42(65)66)15-20-67-3/h24-32H,4-23,43-46H2,1-3H3,(H2,47,55)(H,48,58)(H,49,61)(H,50,59)(H,51,63)(H,52,62)(H,53,60)(H,56,57)(H,65,66)/t25-,26-,27-,28-,29-,30-,31-,32-/m0/s1. The third-order valence-electron chi connectivity index (χ3n) is 10.9. The first-order valence-corrected chi connectivity index (χ1v) is 24.3. The smallest absolute Gasteiger partial charge is 0.326 e. The molecule has 1 heterocycles. The van der Waals surface area contributed by atoms with E-state index >= 15 is 0 Å². The van der Waals surface area contributed by atoms with Crippen molar-refractivity contribution in [3.63, 3.8) is 0 Å². The molecule has 0 aromatic rings. The Labute approximate surface area is 396 Å². The average Bonchev–Trinajstić information content (AvgIpc) is 3.76. The number of aliphatic carboxylic acids is 2. The summed E-state index contributed by atoms with van der Waals surface area (Å²) in [5.74, 6) is -9.01. The summed E-state index contributed by atoms with van der Waals surface area (Å²) >= 11 is 1.42. The molecule has 8 atom stereocenters. The third-order valence-corrected chi connectivity index (χ3v) is 11.5. The van der Waals surface area contributed by atoms with E-state index in [4.69, 9.17) is 28.7 Å². The fourth-order valence-corrected chi connectivity index (χ4v) is 7.77. The summed E-state index contributed by atoms with van der Waals surface area (Å²) in [7, 11) is 0. The fraction of sp³-hybridized carbons (Fsp3) is 0.762. The average molecular weight is 973 g/mol. The van der Waals surface area contributed by atoms with Gasteiger partial charge in [-0.3, -0.25) is 43.2 Å². The molecule has 0 aliphatic carbocycles. The molecule has 382 valence electrons. The van der Waals surface area contributed by atoms with E-state index in [0.717, 1.165) is 0 Å². The Morgan fingerprint density at radius 1 is 0.612 bits per heavy atom. The van der Waals surface area contributed by atoms with Crippen molar-refractivity contribution in [3.05, 3.63) is 0 Å². The zero-order chi connectivity index (χ0) is 50.6. The van der Waals surface area contributed by atoms with Crippen LogP contribution in [0.2, 0.25) is 0 Å². The topological polar surface area (TPSA) is 417 Å². The Balaban J connectivity index is 3.42. The van der Waals surface area contributed by atoms with Crippen molar-refractivity contribution in [2.75, 3.05) is 38.2 Å². The number of rotatable bonds is 35. The second-order valence-corrected chi connectivity index (χ2v) is 18.0. The maximum Gasteiger partial charge on any atom is 0.326 e. The summed E-state index contributed by atoms with van der Waals surface area (Å²) in [5, 5.41) is 34.7. The van der Waals surface area contributed by atoms with Gasteiger partial charge in [-0.15, -0.1) is 0 Å². The predicted molar refractivity (Wildman–Crippen MR) is 249 cm³/mol. The molecule has 0 radical (unpaired) electrons. The lowest BCUT2D eigenvalue weighted by molar-refractivity contribution is -0.145. The zero-order valence-corrected chi connectivity index (χ0v) is 39.9. The van der Waals surface area contributed by atoms with Crippen molar-refractivity contribution >= 4 is 71.0 Å². The van der Waals surface area contributed by atoms with Crippen molar-refractivity contribution in [1.29, 1.82) is 0 Å². The highest BCUT2D eigenvalue weighted by molar-refractivity contribution is 7.98. The van der Waals surface area contributed by atoms with E-state index in [-0.39, 0.29) is 64.1 Å². The number of amides is 8. The van der Waals surface area contributed by atoms with Gasteiger partial charge in [-0.25, -0.2) is 4.79 Å². The largest absolute Gasteiger partial charge is 0.481 e.